The normalized spacial score (nSPS) is 23.3. The van der Waals surface area contributed by atoms with Crippen molar-refractivity contribution in [1.82, 2.24) is 34.5 Å². The summed E-state index contributed by atoms with van der Waals surface area (Å²) in [6, 6.07) is 6.14. The minimum atomic E-state index is -1.11. The molecule has 1 N–H and O–H groups in total. The van der Waals surface area contributed by atoms with Crippen molar-refractivity contribution in [2.75, 3.05) is 32.8 Å². The van der Waals surface area contributed by atoms with Crippen molar-refractivity contribution < 1.29 is 4.74 Å². The number of nitrogens with zero attached hydrogens (tertiary/aromatic N) is 7. The van der Waals surface area contributed by atoms with Crippen molar-refractivity contribution in [3.63, 3.8) is 0 Å². The van der Waals surface area contributed by atoms with Gasteiger partial charge < -0.3 is 14.6 Å². The lowest BCUT2D eigenvalue weighted by molar-refractivity contribution is -0.00108. The highest BCUT2D eigenvalue weighted by molar-refractivity contribution is 6.76. The van der Waals surface area contributed by atoms with E-state index in [-0.39, 0.29) is 5.54 Å². The number of aromatic nitrogens is 5. The summed E-state index contributed by atoms with van der Waals surface area (Å²) in [4.78, 5) is 11.7. The van der Waals surface area contributed by atoms with E-state index in [2.05, 4.69) is 58.2 Å². The van der Waals surface area contributed by atoms with Gasteiger partial charge in [0.05, 0.1) is 29.9 Å². The first-order valence-electron chi connectivity index (χ1n) is 12.6. The van der Waals surface area contributed by atoms with Crippen LogP contribution in [0.15, 0.2) is 31.0 Å². The predicted molar refractivity (Wildman–Crippen MR) is 139 cm³/mol. The Morgan fingerprint density at radius 3 is 2.77 bits per heavy atom. The topological polar surface area (TPSA) is 96.8 Å². The Balaban J connectivity index is 1.32. The fourth-order valence-corrected chi connectivity index (χ4v) is 6.02. The van der Waals surface area contributed by atoms with Crippen LogP contribution in [0.4, 0.5) is 0 Å². The van der Waals surface area contributed by atoms with Gasteiger partial charge in [0.25, 0.3) is 0 Å². The maximum atomic E-state index is 9.58. The van der Waals surface area contributed by atoms with E-state index in [4.69, 9.17) is 9.84 Å². The lowest BCUT2D eigenvalue weighted by atomic mass is 9.70. The van der Waals surface area contributed by atoms with Gasteiger partial charge in [-0.3, -0.25) is 9.58 Å². The van der Waals surface area contributed by atoms with Gasteiger partial charge in [0, 0.05) is 70.2 Å². The summed E-state index contributed by atoms with van der Waals surface area (Å²) >= 11 is 0. The first-order chi connectivity index (χ1) is 16.9. The summed E-state index contributed by atoms with van der Waals surface area (Å²) in [7, 11) is -1.11. The summed E-state index contributed by atoms with van der Waals surface area (Å²) < 4.78 is 10.0. The van der Waals surface area contributed by atoms with Crippen LogP contribution in [0.1, 0.15) is 19.3 Å². The Bertz CT molecular complexity index is 1190. The molecule has 3 aromatic heterocycles. The van der Waals surface area contributed by atoms with E-state index < -0.39 is 8.07 Å². The van der Waals surface area contributed by atoms with E-state index in [9.17, 15) is 5.26 Å². The fourth-order valence-electron chi connectivity index (χ4n) is 5.27. The van der Waals surface area contributed by atoms with E-state index in [1.165, 1.54) is 0 Å². The zero-order chi connectivity index (χ0) is 24.5. The van der Waals surface area contributed by atoms with Crippen molar-refractivity contribution in [2.24, 2.45) is 0 Å². The molecule has 5 rings (SSSR count). The molecule has 10 heteroatoms. The Morgan fingerprint density at radius 2 is 2.03 bits per heavy atom. The van der Waals surface area contributed by atoms with Crippen LogP contribution in [-0.4, -0.2) is 76.1 Å². The number of ether oxygens (including phenoxy) is 1. The maximum absolute atomic E-state index is 9.58. The number of hydrogen-bond acceptors (Lipinski definition) is 7. The minimum absolute atomic E-state index is 0.231. The molecule has 1 saturated carbocycles. The summed E-state index contributed by atoms with van der Waals surface area (Å²) in [6.07, 6.45) is 9.97. The second kappa shape index (κ2) is 9.82. The van der Waals surface area contributed by atoms with Crippen LogP contribution < -0.4 is 5.32 Å². The Labute approximate surface area is 208 Å². The molecule has 1 aliphatic carbocycles. The lowest BCUT2D eigenvalue weighted by Gasteiger charge is -2.51. The van der Waals surface area contributed by atoms with Crippen LogP contribution in [-0.2, 0) is 17.0 Å². The molecule has 2 aliphatic rings. The van der Waals surface area contributed by atoms with Crippen molar-refractivity contribution >= 4 is 19.1 Å². The quantitative estimate of drug-likeness (QED) is 0.362. The number of nitriles is 1. The Morgan fingerprint density at radius 1 is 1.23 bits per heavy atom. The monoisotopic (exact) mass is 492 g/mol. The third-order valence-electron chi connectivity index (χ3n) is 7.43. The smallest absolute Gasteiger partial charge is 0.145 e. The molecular weight excluding hydrogens is 456 g/mol. The fraction of sp³-hybridized carbons (Fsp3) is 0.600. The molecule has 1 saturated heterocycles. The standard InChI is InChI=1S/C25H36N8OSi/c1-35(2,3)13-12-34-19-32-9-4-22-23(28-18-29-24(22)32)20-16-30-33(17-20)25(5-6-26)14-21(15-25)31-10-7-27-8-11-31/h4,9,16-18,21,27H,5,7-8,10-15,19H2,1-3H3. The molecule has 0 bridgehead atoms. The van der Waals surface area contributed by atoms with Crippen LogP contribution in [0, 0.1) is 11.3 Å². The van der Waals surface area contributed by atoms with E-state index in [0.29, 0.717) is 19.2 Å². The highest BCUT2D eigenvalue weighted by Crippen LogP contribution is 2.45. The third-order valence-corrected chi connectivity index (χ3v) is 9.14. The zero-order valence-corrected chi connectivity index (χ0v) is 22.1. The molecule has 35 heavy (non-hydrogen) atoms. The molecule has 0 spiro atoms. The maximum Gasteiger partial charge on any atom is 0.145 e. The largest absolute Gasteiger partial charge is 0.361 e. The molecule has 1 aliphatic heterocycles. The molecule has 0 atom stereocenters. The van der Waals surface area contributed by atoms with E-state index in [0.717, 1.165) is 74.0 Å². The van der Waals surface area contributed by atoms with Crippen LogP contribution in [0.5, 0.6) is 0 Å². The molecule has 2 fully saturated rings. The SMILES string of the molecule is C[Si](C)(C)CCOCn1ccc2c(-c3cnn(C4(CC#N)CC(N5CCNCC5)C4)c3)ncnc21. The number of piperazine rings is 1. The molecule has 0 aromatic carbocycles. The average molecular weight is 493 g/mol. The average Bonchev–Trinajstić information content (AvgIpc) is 3.47. The molecule has 0 amide bonds. The van der Waals surface area contributed by atoms with Crippen LogP contribution in [0.25, 0.3) is 22.3 Å². The van der Waals surface area contributed by atoms with Crippen LogP contribution >= 0.6 is 0 Å². The first kappa shape index (κ1) is 24.1. The van der Waals surface area contributed by atoms with Gasteiger partial charge in [-0.05, 0) is 25.0 Å². The first-order valence-corrected chi connectivity index (χ1v) is 16.3. The molecule has 186 valence electrons. The summed E-state index contributed by atoms with van der Waals surface area (Å²) in [5.41, 5.74) is 2.46. The van der Waals surface area contributed by atoms with E-state index in [1.807, 2.05) is 21.6 Å². The molecule has 0 unspecified atom stereocenters. The van der Waals surface area contributed by atoms with Gasteiger partial charge in [0.1, 0.15) is 18.7 Å². The van der Waals surface area contributed by atoms with E-state index >= 15 is 0 Å². The highest BCUT2D eigenvalue weighted by Gasteiger charge is 2.48. The van der Waals surface area contributed by atoms with Gasteiger partial charge in [0.2, 0.25) is 0 Å². The zero-order valence-electron chi connectivity index (χ0n) is 21.1. The van der Waals surface area contributed by atoms with Crippen molar-refractivity contribution in [3.05, 3.63) is 31.0 Å². The predicted octanol–water partition coefficient (Wildman–Crippen LogP) is 3.28. The van der Waals surface area contributed by atoms with Crippen LogP contribution in [0.3, 0.4) is 0 Å². The van der Waals surface area contributed by atoms with E-state index in [1.54, 1.807) is 6.33 Å². The van der Waals surface area contributed by atoms with Crippen LogP contribution in [0.2, 0.25) is 25.7 Å². The van der Waals surface area contributed by atoms with Gasteiger partial charge in [-0.1, -0.05) is 19.6 Å². The minimum Gasteiger partial charge on any atom is -0.361 e. The second-order valence-corrected chi connectivity index (χ2v) is 16.8. The second-order valence-electron chi connectivity index (χ2n) is 11.2. The van der Waals surface area contributed by atoms with Gasteiger partial charge in [-0.15, -0.1) is 0 Å². The Hall–Kier alpha value is -2.58. The number of nitrogens with one attached hydrogen (secondary N) is 1. The Kier molecular flexibility index (Phi) is 6.77. The van der Waals surface area contributed by atoms with Gasteiger partial charge in [0.15, 0.2) is 0 Å². The number of fused-ring (bicyclic) bond motifs is 1. The summed E-state index contributed by atoms with van der Waals surface area (Å²) in [6.45, 7) is 12.6. The molecule has 3 aromatic rings. The van der Waals surface area contributed by atoms with Crippen molar-refractivity contribution in [3.8, 4) is 17.3 Å². The molecular formula is C25H36N8OSi. The van der Waals surface area contributed by atoms with Gasteiger partial charge in [-0.25, -0.2) is 9.97 Å². The highest BCUT2D eigenvalue weighted by atomic mass is 28.3. The van der Waals surface area contributed by atoms with Crippen molar-refractivity contribution in [2.45, 2.75) is 63.3 Å². The summed E-state index contributed by atoms with van der Waals surface area (Å²) in [5.74, 6) is 0. The van der Waals surface area contributed by atoms with Gasteiger partial charge in [-0.2, -0.15) is 10.4 Å². The summed E-state index contributed by atoms with van der Waals surface area (Å²) in [5, 5.41) is 18.7. The number of rotatable bonds is 9. The molecule has 4 heterocycles. The lowest BCUT2D eigenvalue weighted by Crippen LogP contribution is -2.59. The molecule has 9 nitrogen and oxygen atoms in total. The molecule has 0 radical (unpaired) electrons. The van der Waals surface area contributed by atoms with Crippen molar-refractivity contribution in [1.29, 1.82) is 5.26 Å². The third kappa shape index (κ3) is 5.04. The van der Waals surface area contributed by atoms with Gasteiger partial charge >= 0.3 is 0 Å². The number of hydrogen-bond donors (Lipinski definition) is 1.